The molecule has 0 unspecified atom stereocenters. The van der Waals surface area contributed by atoms with E-state index < -0.39 is 0 Å². The number of hydrogen-bond acceptors (Lipinski definition) is 2. The standard InChI is InChI=1S/C11H13NO2/c1-8(12-9(2)13)10-6-4-5-7-11(10)14-3/h4-7H,1H2,2-3H3,(H,12,13). The van der Waals surface area contributed by atoms with Crippen LogP contribution in [0.4, 0.5) is 0 Å². The van der Waals surface area contributed by atoms with E-state index in [2.05, 4.69) is 11.9 Å². The molecular weight excluding hydrogens is 178 g/mol. The summed E-state index contributed by atoms with van der Waals surface area (Å²) in [4.78, 5) is 10.8. The number of amides is 1. The van der Waals surface area contributed by atoms with Gasteiger partial charge >= 0.3 is 0 Å². The van der Waals surface area contributed by atoms with Crippen LogP contribution in [0.3, 0.4) is 0 Å². The first-order chi connectivity index (χ1) is 6.65. The highest BCUT2D eigenvalue weighted by Gasteiger charge is 2.05. The average Bonchev–Trinajstić information content (AvgIpc) is 2.16. The molecule has 0 aliphatic heterocycles. The van der Waals surface area contributed by atoms with Gasteiger partial charge in [-0.05, 0) is 12.1 Å². The number of hydrogen-bond donors (Lipinski definition) is 1. The Labute approximate surface area is 83.4 Å². The molecule has 1 N–H and O–H groups in total. The van der Waals surface area contributed by atoms with Crippen molar-refractivity contribution in [1.29, 1.82) is 0 Å². The fourth-order valence-corrected chi connectivity index (χ4v) is 1.17. The molecular formula is C11H13NO2. The number of carbonyl (C=O) groups is 1. The monoisotopic (exact) mass is 191 g/mol. The highest BCUT2D eigenvalue weighted by molar-refractivity contribution is 5.85. The topological polar surface area (TPSA) is 38.3 Å². The summed E-state index contributed by atoms with van der Waals surface area (Å²) in [6.07, 6.45) is 0. The number of methoxy groups -OCH3 is 1. The normalized spacial score (nSPS) is 9.29. The SMILES string of the molecule is C=C(NC(C)=O)c1ccccc1OC. The third kappa shape index (κ3) is 2.36. The summed E-state index contributed by atoms with van der Waals surface area (Å²) in [5.41, 5.74) is 1.35. The lowest BCUT2D eigenvalue weighted by atomic mass is 10.1. The van der Waals surface area contributed by atoms with Gasteiger partial charge in [-0.3, -0.25) is 4.79 Å². The van der Waals surface area contributed by atoms with Crippen LogP contribution in [0.15, 0.2) is 30.8 Å². The highest BCUT2D eigenvalue weighted by Crippen LogP contribution is 2.22. The van der Waals surface area contributed by atoms with E-state index in [4.69, 9.17) is 4.74 Å². The second-order valence-electron chi connectivity index (χ2n) is 2.86. The van der Waals surface area contributed by atoms with Gasteiger partial charge in [-0.25, -0.2) is 0 Å². The van der Waals surface area contributed by atoms with Crippen molar-refractivity contribution < 1.29 is 9.53 Å². The van der Waals surface area contributed by atoms with Crippen LogP contribution in [-0.2, 0) is 4.79 Å². The Hall–Kier alpha value is -1.77. The number of carbonyl (C=O) groups excluding carboxylic acids is 1. The molecule has 0 heterocycles. The summed E-state index contributed by atoms with van der Waals surface area (Å²) >= 11 is 0. The van der Waals surface area contributed by atoms with Gasteiger partial charge in [-0.15, -0.1) is 0 Å². The first kappa shape index (κ1) is 10.3. The van der Waals surface area contributed by atoms with Crippen LogP contribution >= 0.6 is 0 Å². The van der Waals surface area contributed by atoms with E-state index in [1.165, 1.54) is 6.92 Å². The molecule has 0 bridgehead atoms. The summed E-state index contributed by atoms with van der Waals surface area (Å²) in [7, 11) is 1.58. The van der Waals surface area contributed by atoms with Crippen molar-refractivity contribution in [3.63, 3.8) is 0 Å². The first-order valence-electron chi connectivity index (χ1n) is 4.25. The van der Waals surface area contributed by atoms with E-state index in [0.29, 0.717) is 11.4 Å². The lowest BCUT2D eigenvalue weighted by Crippen LogP contribution is -2.17. The van der Waals surface area contributed by atoms with Gasteiger partial charge in [0.15, 0.2) is 0 Å². The molecule has 3 heteroatoms. The van der Waals surface area contributed by atoms with Crippen molar-refractivity contribution in [3.05, 3.63) is 36.4 Å². The number of rotatable bonds is 3. The predicted octanol–water partition coefficient (Wildman–Crippen LogP) is 1.80. The van der Waals surface area contributed by atoms with Gasteiger partial charge in [0.2, 0.25) is 5.91 Å². The molecule has 0 atom stereocenters. The fraction of sp³-hybridized carbons (Fsp3) is 0.182. The van der Waals surface area contributed by atoms with E-state index in [1.54, 1.807) is 7.11 Å². The zero-order valence-electron chi connectivity index (χ0n) is 8.33. The summed E-state index contributed by atoms with van der Waals surface area (Å²) < 4.78 is 5.14. The summed E-state index contributed by atoms with van der Waals surface area (Å²) in [5, 5.41) is 2.62. The second-order valence-corrected chi connectivity index (χ2v) is 2.86. The highest BCUT2D eigenvalue weighted by atomic mass is 16.5. The maximum absolute atomic E-state index is 10.8. The van der Waals surface area contributed by atoms with Gasteiger partial charge in [0.05, 0.1) is 7.11 Å². The van der Waals surface area contributed by atoms with Crippen LogP contribution in [-0.4, -0.2) is 13.0 Å². The Balaban J connectivity index is 2.94. The van der Waals surface area contributed by atoms with Crippen molar-refractivity contribution in [2.75, 3.05) is 7.11 Å². The van der Waals surface area contributed by atoms with Crippen molar-refractivity contribution in [3.8, 4) is 5.75 Å². The number of benzene rings is 1. The average molecular weight is 191 g/mol. The number of ether oxygens (including phenoxy) is 1. The minimum Gasteiger partial charge on any atom is -0.496 e. The van der Waals surface area contributed by atoms with Crippen LogP contribution in [0, 0.1) is 0 Å². The molecule has 1 rings (SSSR count). The van der Waals surface area contributed by atoms with Gasteiger partial charge < -0.3 is 10.1 Å². The summed E-state index contributed by atoms with van der Waals surface area (Å²) in [6, 6.07) is 7.40. The third-order valence-corrected chi connectivity index (χ3v) is 1.76. The van der Waals surface area contributed by atoms with Crippen molar-refractivity contribution >= 4 is 11.6 Å². The molecule has 1 aromatic carbocycles. The zero-order chi connectivity index (χ0) is 10.6. The lowest BCUT2D eigenvalue weighted by molar-refractivity contribution is -0.117. The Morgan fingerprint density at radius 3 is 2.64 bits per heavy atom. The Kier molecular flexibility index (Phi) is 3.29. The molecule has 0 aliphatic carbocycles. The molecule has 3 nitrogen and oxygen atoms in total. The molecule has 1 amide bonds. The predicted molar refractivity (Wildman–Crippen MR) is 55.8 cm³/mol. The Morgan fingerprint density at radius 1 is 1.43 bits per heavy atom. The summed E-state index contributed by atoms with van der Waals surface area (Å²) in [6.45, 7) is 5.21. The molecule has 1 aromatic rings. The number of para-hydroxylation sites is 1. The molecule has 0 aliphatic rings. The van der Waals surface area contributed by atoms with Gasteiger partial charge in [0.25, 0.3) is 0 Å². The van der Waals surface area contributed by atoms with E-state index in [1.807, 2.05) is 24.3 Å². The number of nitrogens with one attached hydrogen (secondary N) is 1. The van der Waals surface area contributed by atoms with E-state index in [-0.39, 0.29) is 5.91 Å². The minimum atomic E-state index is -0.138. The maximum Gasteiger partial charge on any atom is 0.221 e. The maximum atomic E-state index is 10.8. The molecule has 0 saturated carbocycles. The molecule has 74 valence electrons. The van der Waals surface area contributed by atoms with E-state index >= 15 is 0 Å². The first-order valence-corrected chi connectivity index (χ1v) is 4.25. The van der Waals surface area contributed by atoms with Gasteiger partial charge in [0, 0.05) is 18.2 Å². The van der Waals surface area contributed by atoms with Crippen molar-refractivity contribution in [1.82, 2.24) is 5.32 Å². The summed E-state index contributed by atoms with van der Waals surface area (Å²) in [5.74, 6) is 0.562. The third-order valence-electron chi connectivity index (χ3n) is 1.76. The minimum absolute atomic E-state index is 0.138. The van der Waals surface area contributed by atoms with Crippen LogP contribution < -0.4 is 10.1 Å². The van der Waals surface area contributed by atoms with Crippen molar-refractivity contribution in [2.45, 2.75) is 6.92 Å². The lowest BCUT2D eigenvalue weighted by Gasteiger charge is -2.10. The molecule has 14 heavy (non-hydrogen) atoms. The molecule has 0 fully saturated rings. The second kappa shape index (κ2) is 4.46. The smallest absolute Gasteiger partial charge is 0.221 e. The van der Waals surface area contributed by atoms with Crippen molar-refractivity contribution in [2.24, 2.45) is 0 Å². The molecule has 0 spiro atoms. The van der Waals surface area contributed by atoms with Crippen LogP contribution in [0.1, 0.15) is 12.5 Å². The van der Waals surface area contributed by atoms with E-state index in [9.17, 15) is 4.79 Å². The Bertz CT molecular complexity index is 358. The fourth-order valence-electron chi connectivity index (χ4n) is 1.17. The van der Waals surface area contributed by atoms with Crippen LogP contribution in [0.5, 0.6) is 5.75 Å². The van der Waals surface area contributed by atoms with Gasteiger partial charge in [0.1, 0.15) is 5.75 Å². The quantitative estimate of drug-likeness (QED) is 0.791. The van der Waals surface area contributed by atoms with Gasteiger partial charge in [-0.1, -0.05) is 18.7 Å². The molecule has 0 radical (unpaired) electrons. The van der Waals surface area contributed by atoms with Crippen LogP contribution in [0.25, 0.3) is 5.70 Å². The Morgan fingerprint density at radius 2 is 2.07 bits per heavy atom. The largest absolute Gasteiger partial charge is 0.496 e. The van der Waals surface area contributed by atoms with Gasteiger partial charge in [-0.2, -0.15) is 0 Å². The molecule has 0 aromatic heterocycles. The molecule has 0 saturated heterocycles. The zero-order valence-corrected chi connectivity index (χ0v) is 8.33. The van der Waals surface area contributed by atoms with E-state index in [0.717, 1.165) is 5.56 Å². The van der Waals surface area contributed by atoms with Crippen LogP contribution in [0.2, 0.25) is 0 Å².